The van der Waals surface area contributed by atoms with Crippen molar-refractivity contribution in [1.82, 2.24) is 0 Å². The molecule has 0 atom stereocenters. The lowest BCUT2D eigenvalue weighted by atomic mass is 10.3. The zero-order chi connectivity index (χ0) is 21.2. The summed E-state index contributed by atoms with van der Waals surface area (Å²) < 4.78 is 29.0. The van der Waals surface area contributed by atoms with Crippen LogP contribution in [0, 0.1) is 0 Å². The van der Waals surface area contributed by atoms with Gasteiger partial charge in [0, 0.05) is 9.79 Å². The fraction of sp³-hybridized carbons (Fsp3) is 0.0400. The Kier molecular flexibility index (Phi) is 8.48. The van der Waals surface area contributed by atoms with Crippen LogP contribution in [0.2, 0.25) is 0 Å². The zero-order valence-electron chi connectivity index (χ0n) is 16.0. The standard InChI is InChI=1S/C24H19S2.CHF3/c1-4-10-20(11-5-1)25-21-16-18-24(19-17-21)26(22-12-6-2-7-13-22)23-14-8-3-9-15-23;2-1(3)4/h1-19H;1H/q+1;. The van der Waals surface area contributed by atoms with Crippen molar-refractivity contribution in [2.24, 2.45) is 0 Å². The van der Waals surface area contributed by atoms with Gasteiger partial charge < -0.3 is 0 Å². The van der Waals surface area contributed by atoms with Crippen molar-refractivity contribution in [3.63, 3.8) is 0 Å². The van der Waals surface area contributed by atoms with Gasteiger partial charge in [0.1, 0.15) is 0 Å². The Bertz CT molecular complexity index is 950. The molecule has 0 radical (unpaired) electrons. The van der Waals surface area contributed by atoms with Gasteiger partial charge in [-0.3, -0.25) is 0 Å². The van der Waals surface area contributed by atoms with Gasteiger partial charge in [-0.1, -0.05) is 66.4 Å². The minimum atomic E-state index is -3.67. The lowest BCUT2D eigenvalue weighted by Crippen LogP contribution is -2.04. The van der Waals surface area contributed by atoms with E-state index in [1.165, 1.54) is 24.5 Å². The van der Waals surface area contributed by atoms with Crippen LogP contribution in [0.5, 0.6) is 0 Å². The molecule has 0 unspecified atom stereocenters. The van der Waals surface area contributed by atoms with Gasteiger partial charge in [0.15, 0.2) is 14.7 Å². The Morgan fingerprint density at radius 3 is 1.23 bits per heavy atom. The third-order valence-electron chi connectivity index (χ3n) is 4.00. The van der Waals surface area contributed by atoms with E-state index in [9.17, 15) is 13.2 Å². The lowest BCUT2D eigenvalue weighted by Gasteiger charge is -2.08. The summed E-state index contributed by atoms with van der Waals surface area (Å²) in [7, 11) is -0.0786. The summed E-state index contributed by atoms with van der Waals surface area (Å²) in [6.07, 6.45) is 0. The summed E-state index contributed by atoms with van der Waals surface area (Å²) in [5.41, 5.74) is 0. The van der Waals surface area contributed by atoms with Gasteiger partial charge >= 0.3 is 6.68 Å². The van der Waals surface area contributed by atoms with E-state index < -0.39 is 6.68 Å². The van der Waals surface area contributed by atoms with Crippen LogP contribution in [0.1, 0.15) is 0 Å². The van der Waals surface area contributed by atoms with Gasteiger partial charge in [-0.25, -0.2) is 0 Å². The molecule has 4 aromatic rings. The van der Waals surface area contributed by atoms with E-state index in [4.69, 9.17) is 0 Å². The monoisotopic (exact) mass is 441 g/mol. The molecule has 30 heavy (non-hydrogen) atoms. The van der Waals surface area contributed by atoms with Crippen molar-refractivity contribution in [2.75, 3.05) is 0 Å². The molecule has 0 aliphatic carbocycles. The maximum atomic E-state index is 9.67. The Morgan fingerprint density at radius 2 is 0.800 bits per heavy atom. The predicted molar refractivity (Wildman–Crippen MR) is 119 cm³/mol. The molecular formula is C25H20F3S2+. The SMILES string of the molecule is FC(F)F.c1ccc(Sc2ccc([S+](c3ccccc3)c3ccccc3)cc2)cc1. The first-order chi connectivity index (χ1) is 14.6. The molecule has 0 aliphatic heterocycles. The van der Waals surface area contributed by atoms with Gasteiger partial charge in [0.25, 0.3) is 0 Å². The predicted octanol–water partition coefficient (Wildman–Crippen LogP) is 8.11. The first-order valence-electron chi connectivity index (χ1n) is 9.23. The van der Waals surface area contributed by atoms with Gasteiger partial charge in [-0.15, -0.1) is 0 Å². The molecule has 0 saturated carbocycles. The number of hydrogen-bond donors (Lipinski definition) is 0. The molecular weight excluding hydrogens is 421 g/mol. The summed E-state index contributed by atoms with van der Waals surface area (Å²) in [5.74, 6) is 0. The van der Waals surface area contributed by atoms with Crippen LogP contribution >= 0.6 is 11.8 Å². The summed E-state index contributed by atoms with van der Waals surface area (Å²) in [5, 5.41) is 0. The van der Waals surface area contributed by atoms with Crippen LogP contribution in [-0.2, 0) is 10.9 Å². The topological polar surface area (TPSA) is 0 Å². The second-order valence-electron chi connectivity index (χ2n) is 6.07. The molecule has 152 valence electrons. The number of rotatable bonds is 5. The van der Waals surface area contributed by atoms with Gasteiger partial charge in [-0.05, 0) is 60.7 Å². The number of benzene rings is 4. The molecule has 4 aromatic carbocycles. The summed E-state index contributed by atoms with van der Waals surface area (Å²) in [6.45, 7) is -3.67. The Labute approximate surface area is 182 Å². The summed E-state index contributed by atoms with van der Waals surface area (Å²) >= 11 is 1.80. The van der Waals surface area contributed by atoms with E-state index in [1.54, 1.807) is 11.8 Å². The van der Waals surface area contributed by atoms with Crippen LogP contribution in [0.3, 0.4) is 0 Å². The largest absolute Gasteiger partial charge is 0.379 e. The molecule has 0 bridgehead atoms. The van der Waals surface area contributed by atoms with Crippen molar-refractivity contribution in [1.29, 1.82) is 0 Å². The number of halogens is 3. The zero-order valence-corrected chi connectivity index (χ0v) is 17.6. The van der Waals surface area contributed by atoms with Gasteiger partial charge in [0.2, 0.25) is 0 Å². The molecule has 0 N–H and O–H groups in total. The minimum Gasteiger partial charge on any atom is -0.174 e. The molecule has 0 amide bonds. The van der Waals surface area contributed by atoms with Crippen molar-refractivity contribution in [2.45, 2.75) is 31.2 Å². The molecule has 0 nitrogen and oxygen atoms in total. The number of alkyl halides is 3. The van der Waals surface area contributed by atoms with E-state index in [2.05, 4.69) is 115 Å². The van der Waals surface area contributed by atoms with E-state index in [-0.39, 0.29) is 10.9 Å². The quantitative estimate of drug-likeness (QED) is 0.282. The second-order valence-corrected chi connectivity index (χ2v) is 9.24. The Hall–Kier alpha value is -2.63. The number of hydrogen-bond acceptors (Lipinski definition) is 1. The Morgan fingerprint density at radius 1 is 0.467 bits per heavy atom. The Balaban J connectivity index is 0.000000589. The lowest BCUT2D eigenvalue weighted by molar-refractivity contribution is 0.00819. The minimum absolute atomic E-state index is 0.0786. The second kappa shape index (κ2) is 11.5. The molecule has 0 aromatic heterocycles. The third-order valence-corrected chi connectivity index (χ3v) is 7.24. The highest BCUT2D eigenvalue weighted by Crippen LogP contribution is 2.33. The van der Waals surface area contributed by atoms with E-state index in [0.29, 0.717) is 0 Å². The normalized spacial score (nSPS) is 10.6. The van der Waals surface area contributed by atoms with Crippen molar-refractivity contribution < 1.29 is 13.2 Å². The maximum absolute atomic E-state index is 9.67. The molecule has 4 rings (SSSR count). The molecule has 0 saturated heterocycles. The van der Waals surface area contributed by atoms with Gasteiger partial charge in [-0.2, -0.15) is 13.2 Å². The average Bonchev–Trinajstić information content (AvgIpc) is 2.77. The van der Waals surface area contributed by atoms with Crippen molar-refractivity contribution in [3.8, 4) is 0 Å². The van der Waals surface area contributed by atoms with Crippen LogP contribution in [0.15, 0.2) is 140 Å². The van der Waals surface area contributed by atoms with Crippen molar-refractivity contribution in [3.05, 3.63) is 115 Å². The highest BCUT2D eigenvalue weighted by molar-refractivity contribution is 7.99. The average molecular weight is 442 g/mol. The van der Waals surface area contributed by atoms with Crippen LogP contribution in [-0.4, -0.2) is 6.68 Å². The van der Waals surface area contributed by atoms with E-state index in [0.717, 1.165) is 0 Å². The smallest absolute Gasteiger partial charge is 0.174 e. The maximum Gasteiger partial charge on any atom is 0.379 e. The first kappa shape index (κ1) is 22.1. The highest BCUT2D eigenvalue weighted by atomic mass is 32.2. The van der Waals surface area contributed by atoms with E-state index in [1.807, 2.05) is 0 Å². The fourth-order valence-corrected chi connectivity index (χ4v) is 5.71. The highest BCUT2D eigenvalue weighted by Gasteiger charge is 2.27. The summed E-state index contributed by atoms with van der Waals surface area (Å²) in [4.78, 5) is 6.58. The third kappa shape index (κ3) is 6.71. The van der Waals surface area contributed by atoms with Crippen LogP contribution in [0.25, 0.3) is 0 Å². The molecule has 0 heterocycles. The molecule has 0 fully saturated rings. The van der Waals surface area contributed by atoms with Crippen LogP contribution < -0.4 is 0 Å². The first-order valence-corrected chi connectivity index (χ1v) is 11.3. The van der Waals surface area contributed by atoms with E-state index >= 15 is 0 Å². The molecule has 5 heteroatoms. The summed E-state index contributed by atoms with van der Waals surface area (Å²) in [6, 6.07) is 41.1. The van der Waals surface area contributed by atoms with Gasteiger partial charge in [0.05, 0.1) is 10.9 Å². The molecule has 0 spiro atoms. The van der Waals surface area contributed by atoms with Crippen molar-refractivity contribution >= 4 is 22.7 Å². The van der Waals surface area contributed by atoms with Crippen LogP contribution in [0.4, 0.5) is 13.2 Å². The fourth-order valence-electron chi connectivity index (χ4n) is 2.79. The molecule has 0 aliphatic rings.